The molecule has 35 heavy (non-hydrogen) atoms. The average molecular weight is 475 g/mol. The third-order valence-electron chi connectivity index (χ3n) is 6.70. The van der Waals surface area contributed by atoms with Gasteiger partial charge in [0, 0.05) is 48.3 Å². The predicted molar refractivity (Wildman–Crippen MR) is 128 cm³/mol. The van der Waals surface area contributed by atoms with Gasteiger partial charge in [0.1, 0.15) is 17.8 Å². The maximum absolute atomic E-state index is 12.8. The summed E-state index contributed by atoms with van der Waals surface area (Å²) < 4.78 is 13.0. The third kappa shape index (κ3) is 4.26. The van der Waals surface area contributed by atoms with E-state index in [1.54, 1.807) is 12.3 Å². The van der Waals surface area contributed by atoms with Crippen molar-refractivity contribution in [2.45, 2.75) is 44.7 Å². The number of benzene rings is 1. The summed E-state index contributed by atoms with van der Waals surface area (Å²) in [6, 6.07) is 9.16. The molecular weight excluding hydrogens is 448 g/mol. The number of nitrogens with one attached hydrogen (secondary N) is 1. The Balaban J connectivity index is 1.20. The Morgan fingerprint density at radius 3 is 2.97 bits per heavy atom. The molecule has 1 amide bonds. The van der Waals surface area contributed by atoms with Crippen molar-refractivity contribution < 1.29 is 19.2 Å². The molecule has 2 N–H and O–H groups in total. The van der Waals surface area contributed by atoms with E-state index in [2.05, 4.69) is 32.3 Å². The van der Waals surface area contributed by atoms with Gasteiger partial charge in [-0.05, 0) is 50.5 Å². The van der Waals surface area contributed by atoms with Crippen molar-refractivity contribution in [1.82, 2.24) is 24.6 Å². The number of carbonyl (C=O) groups excluding carboxylic acids is 1. The average Bonchev–Trinajstić information content (AvgIpc) is 3.45. The fourth-order valence-electron chi connectivity index (χ4n) is 4.61. The zero-order valence-electron chi connectivity index (χ0n) is 19.3. The Morgan fingerprint density at radius 1 is 1.26 bits per heavy atom. The number of rotatable bonds is 6. The Kier molecular flexibility index (Phi) is 5.46. The summed E-state index contributed by atoms with van der Waals surface area (Å²) in [5.41, 5.74) is 2.66. The molecule has 0 spiro atoms. The molecule has 6 rings (SSSR count). The molecule has 2 aliphatic rings. The van der Waals surface area contributed by atoms with Gasteiger partial charge in [-0.15, -0.1) is 0 Å². The van der Waals surface area contributed by atoms with Crippen LogP contribution in [0.5, 0.6) is 11.6 Å². The van der Waals surface area contributed by atoms with Crippen molar-refractivity contribution >= 4 is 22.8 Å². The van der Waals surface area contributed by atoms with E-state index < -0.39 is 0 Å². The normalized spacial score (nSPS) is 17.9. The molecule has 1 aliphatic heterocycles. The van der Waals surface area contributed by atoms with Gasteiger partial charge in [-0.1, -0.05) is 5.16 Å². The van der Waals surface area contributed by atoms with Crippen LogP contribution in [0, 0.1) is 0 Å². The van der Waals surface area contributed by atoms with E-state index in [1.165, 1.54) is 10.9 Å². The first kappa shape index (κ1) is 21.8. The highest BCUT2D eigenvalue weighted by Crippen LogP contribution is 2.40. The Morgan fingerprint density at radius 2 is 2.14 bits per heavy atom. The highest BCUT2D eigenvalue weighted by molar-refractivity contribution is 5.98. The fraction of sp³-hybridized carbons (Fsp3) is 0.360. The number of ether oxygens (including phenoxy) is 1. The van der Waals surface area contributed by atoms with Crippen molar-refractivity contribution in [3.63, 3.8) is 0 Å². The molecule has 10 heteroatoms. The molecule has 1 saturated carbocycles. The number of nitrogens with zero attached hydrogens (tertiary/aromatic N) is 5. The summed E-state index contributed by atoms with van der Waals surface area (Å²) in [6.07, 6.45) is 6.19. The maximum atomic E-state index is 12.8. The Bertz CT molecular complexity index is 1390. The Hall–Kier alpha value is -3.76. The smallest absolute Gasteiger partial charge is 0.331 e. The van der Waals surface area contributed by atoms with Crippen molar-refractivity contribution in [3.8, 4) is 11.6 Å². The lowest BCUT2D eigenvalue weighted by molar-refractivity contribution is 0.138. The van der Waals surface area contributed by atoms with E-state index in [9.17, 15) is 9.90 Å². The van der Waals surface area contributed by atoms with Crippen molar-refractivity contribution in [1.29, 1.82) is 0 Å². The molecule has 1 aliphatic carbocycles. The molecule has 180 valence electrons. The van der Waals surface area contributed by atoms with E-state index >= 15 is 0 Å². The standard InChI is InChI=1S/C25H26N6O4/c1-15-10-19-20(13-30(15)8-9-32)26-14-27-24(19)34-18-4-5-21-17(11-18)6-7-31(21)25(33)28-23-12-22(35-29-23)16-2-3-16/h4-7,11-12,14-16,32H,2-3,8-10,13H2,1H3,(H,28,29,33). The van der Waals surface area contributed by atoms with Gasteiger partial charge < -0.3 is 14.4 Å². The maximum Gasteiger partial charge on any atom is 0.331 e. The van der Waals surface area contributed by atoms with Crippen LogP contribution in [0.15, 0.2) is 47.4 Å². The van der Waals surface area contributed by atoms with Crippen LogP contribution < -0.4 is 10.1 Å². The quantitative estimate of drug-likeness (QED) is 0.432. The van der Waals surface area contributed by atoms with E-state index in [0.29, 0.717) is 36.5 Å². The van der Waals surface area contributed by atoms with Crippen molar-refractivity contribution in [2.24, 2.45) is 0 Å². The highest BCUT2D eigenvalue weighted by atomic mass is 16.5. The number of carbonyl (C=O) groups is 1. The number of β-amino-alcohol motifs (C(OH)–C–C–N with tert-alkyl or cyclic N) is 1. The van der Waals surface area contributed by atoms with E-state index in [1.807, 2.05) is 24.3 Å². The van der Waals surface area contributed by atoms with Crippen LogP contribution in [0.3, 0.4) is 0 Å². The monoisotopic (exact) mass is 474 g/mol. The number of aliphatic hydroxyl groups excluding tert-OH is 1. The second-order valence-corrected chi connectivity index (χ2v) is 9.18. The van der Waals surface area contributed by atoms with E-state index in [4.69, 9.17) is 9.26 Å². The number of hydrogen-bond donors (Lipinski definition) is 2. The summed E-state index contributed by atoms with van der Waals surface area (Å²) in [6.45, 7) is 3.51. The number of fused-ring (bicyclic) bond motifs is 2. The lowest BCUT2D eigenvalue weighted by Crippen LogP contribution is -2.40. The van der Waals surface area contributed by atoms with Crippen molar-refractivity contribution in [2.75, 3.05) is 18.5 Å². The molecule has 1 unspecified atom stereocenters. The molecule has 4 aromatic rings. The molecule has 10 nitrogen and oxygen atoms in total. The molecule has 3 aromatic heterocycles. The molecule has 1 fully saturated rings. The molecule has 1 aromatic carbocycles. The van der Waals surface area contributed by atoms with Crippen LogP contribution in [0.4, 0.5) is 10.6 Å². The molecule has 0 bridgehead atoms. The summed E-state index contributed by atoms with van der Waals surface area (Å²) in [5.74, 6) is 2.84. The summed E-state index contributed by atoms with van der Waals surface area (Å²) in [4.78, 5) is 23.8. The van der Waals surface area contributed by atoms with Gasteiger partial charge in [-0.25, -0.2) is 14.8 Å². The number of amides is 1. The number of anilines is 1. The van der Waals surface area contributed by atoms with Gasteiger partial charge >= 0.3 is 6.03 Å². The summed E-state index contributed by atoms with van der Waals surface area (Å²) in [5, 5.41) is 16.9. The first-order valence-corrected chi connectivity index (χ1v) is 11.8. The summed E-state index contributed by atoms with van der Waals surface area (Å²) >= 11 is 0. The third-order valence-corrected chi connectivity index (χ3v) is 6.70. The SMILES string of the molecule is CC1Cc2c(ncnc2Oc2ccc3c(ccn3C(=O)Nc3cc(C4CC4)on3)c2)CN1CCO. The van der Waals surface area contributed by atoms with E-state index in [0.717, 1.165) is 47.2 Å². The first-order chi connectivity index (χ1) is 17.1. The van der Waals surface area contributed by atoms with Crippen LogP contribution in [0.2, 0.25) is 0 Å². The lowest BCUT2D eigenvalue weighted by Gasteiger charge is -2.33. The minimum atomic E-state index is -0.310. The first-order valence-electron chi connectivity index (χ1n) is 11.8. The number of aromatic nitrogens is 4. The van der Waals surface area contributed by atoms with Gasteiger partial charge in [0.05, 0.1) is 17.8 Å². The molecule has 1 atom stereocenters. The van der Waals surface area contributed by atoms with Crippen LogP contribution in [-0.2, 0) is 13.0 Å². The van der Waals surface area contributed by atoms with E-state index in [-0.39, 0.29) is 18.7 Å². The lowest BCUT2D eigenvalue weighted by atomic mass is 9.99. The van der Waals surface area contributed by atoms with Gasteiger partial charge in [-0.3, -0.25) is 14.8 Å². The zero-order valence-corrected chi connectivity index (χ0v) is 19.3. The summed E-state index contributed by atoms with van der Waals surface area (Å²) in [7, 11) is 0. The van der Waals surface area contributed by atoms with Gasteiger partial charge in [-0.2, -0.15) is 0 Å². The molecular formula is C25H26N6O4. The molecule has 0 radical (unpaired) electrons. The largest absolute Gasteiger partial charge is 0.439 e. The van der Waals surface area contributed by atoms with Crippen LogP contribution in [-0.4, -0.2) is 54.9 Å². The Labute approximate surface area is 201 Å². The topological polar surface area (TPSA) is 119 Å². The highest BCUT2D eigenvalue weighted by Gasteiger charge is 2.29. The molecule has 0 saturated heterocycles. The second-order valence-electron chi connectivity index (χ2n) is 9.18. The van der Waals surface area contributed by atoms with Gasteiger partial charge in [0.2, 0.25) is 5.88 Å². The second kappa shape index (κ2) is 8.79. The minimum Gasteiger partial charge on any atom is -0.439 e. The van der Waals surface area contributed by atoms with Gasteiger partial charge in [0.25, 0.3) is 0 Å². The predicted octanol–water partition coefficient (Wildman–Crippen LogP) is 3.91. The minimum absolute atomic E-state index is 0.117. The van der Waals surface area contributed by atoms with Gasteiger partial charge in [0.15, 0.2) is 5.82 Å². The molecule has 4 heterocycles. The zero-order chi connectivity index (χ0) is 23.9. The van der Waals surface area contributed by atoms with Crippen molar-refractivity contribution in [3.05, 3.63) is 59.9 Å². The number of aliphatic hydroxyl groups is 1. The van der Waals surface area contributed by atoms with Crippen LogP contribution in [0.1, 0.15) is 42.7 Å². The fourth-order valence-corrected chi connectivity index (χ4v) is 4.61. The number of hydrogen-bond acceptors (Lipinski definition) is 8. The van der Waals surface area contributed by atoms with Crippen LogP contribution >= 0.6 is 0 Å². The van der Waals surface area contributed by atoms with Crippen LogP contribution in [0.25, 0.3) is 10.9 Å².